The van der Waals surface area contributed by atoms with E-state index in [0.29, 0.717) is 0 Å². The molecule has 0 heterocycles. The van der Waals surface area contributed by atoms with E-state index in [0.717, 1.165) is 4.79 Å². The minimum atomic E-state index is -1.07. The van der Waals surface area contributed by atoms with Gasteiger partial charge in [0.1, 0.15) is 0 Å². The molecule has 0 spiro atoms. The van der Waals surface area contributed by atoms with E-state index in [2.05, 4.69) is 196 Å². The predicted molar refractivity (Wildman–Crippen MR) is 147 cm³/mol. The predicted octanol–water partition coefficient (Wildman–Crippen LogP) is 7.17. The van der Waals surface area contributed by atoms with Crippen LogP contribution in [-0.2, 0) is 0 Å². The topological polar surface area (TPSA) is 0 Å². The van der Waals surface area contributed by atoms with E-state index >= 15 is 0 Å². The normalized spacial score (nSPS) is 15.2. The van der Waals surface area contributed by atoms with Crippen molar-refractivity contribution >= 4 is 198 Å². The summed E-state index contributed by atoms with van der Waals surface area (Å²) in [6.07, 6.45) is 0. The first kappa shape index (κ1) is 20.2. The van der Waals surface area contributed by atoms with Gasteiger partial charge in [-0.25, -0.2) is 0 Å². The van der Waals surface area contributed by atoms with Gasteiger partial charge in [-0.2, -0.15) is 0 Å². The molecule has 13 heavy (non-hydrogen) atoms. The molecule has 0 bridgehead atoms. The zero-order valence-electron chi connectivity index (χ0n) is 5.48. The molecule has 80 valence electrons. The molecular formula is CHI9Si3. The van der Waals surface area contributed by atoms with Gasteiger partial charge in [0.25, 0.3) is 1.69 Å². The average molecular weight is 1240 g/mol. The molecule has 0 aromatic carbocycles. The molecule has 0 aliphatic carbocycles. The summed E-state index contributed by atoms with van der Waals surface area (Å²) in [7, 11) is 0. The summed E-state index contributed by atoms with van der Waals surface area (Å²) in [6.45, 7) is 0. The molecule has 12 heteroatoms. The monoisotopic (exact) mass is 1240 g/mol. The lowest BCUT2D eigenvalue weighted by atomic mass is 11.8. The molecule has 0 nitrogen and oxygen atoms in total. The lowest BCUT2D eigenvalue weighted by Crippen LogP contribution is -2.42. The second-order valence-electron chi connectivity index (χ2n) is 2.06. The summed E-state index contributed by atoms with van der Waals surface area (Å²) in [5.74, 6) is 0. The highest BCUT2D eigenvalue weighted by Gasteiger charge is 2.57. The fourth-order valence-corrected chi connectivity index (χ4v) is 225. The molecule has 0 rings (SSSR count). The molecule has 0 fully saturated rings. The minimum Gasteiger partial charge on any atom is -0.0911 e. The van der Waals surface area contributed by atoms with Crippen LogP contribution >= 0.6 is 196 Å². The van der Waals surface area contributed by atoms with Gasteiger partial charge in [0.05, 0.1) is 0 Å². The van der Waals surface area contributed by atoms with Crippen molar-refractivity contribution in [3.63, 3.8) is 0 Å². The van der Waals surface area contributed by atoms with Crippen LogP contribution in [0.1, 0.15) is 0 Å². The quantitative estimate of drug-likeness (QED) is 0.160. The SMILES string of the molecule is I[Si](I)(I)C([Si](I)(I)I)[Si](I)(I)I. The van der Waals surface area contributed by atoms with Gasteiger partial charge in [-0.1, -0.05) is 196 Å². The molecule has 0 radical (unpaired) electrons. The molecule has 0 saturated heterocycles. The van der Waals surface area contributed by atoms with Gasteiger partial charge >= 0.3 is 0 Å². The molecule has 0 saturated carbocycles. The Bertz CT molecular complexity index is 137. The minimum absolute atomic E-state index is 1.03. The summed E-state index contributed by atoms with van der Waals surface area (Å²) in [4.78, 5) is 1.03. The average Bonchev–Trinajstić information content (AvgIpc) is 1.44. The Hall–Kier alpha value is 7.22. The summed E-state index contributed by atoms with van der Waals surface area (Å²) in [6, 6.07) is 0. The Kier molecular flexibility index (Phi) is 12.5. The van der Waals surface area contributed by atoms with Gasteiger partial charge in [-0.15, -0.1) is 0 Å². The Morgan fingerprint density at radius 1 is 0.462 bits per heavy atom. The van der Waals surface area contributed by atoms with Crippen LogP contribution in [0.2, 0.25) is 4.79 Å². The van der Waals surface area contributed by atoms with Gasteiger partial charge in [0, 0.05) is 4.79 Å². The van der Waals surface area contributed by atoms with Crippen LogP contribution in [0, 0.1) is 0 Å². The van der Waals surface area contributed by atoms with Gasteiger partial charge in [-0.3, -0.25) is 0 Å². The van der Waals surface area contributed by atoms with E-state index < -0.39 is 1.69 Å². The zero-order valence-corrected chi connectivity index (χ0v) is 27.9. The summed E-state index contributed by atoms with van der Waals surface area (Å²) in [5, 5.41) is 0. The van der Waals surface area contributed by atoms with E-state index in [1.807, 2.05) is 0 Å². The van der Waals surface area contributed by atoms with Crippen LogP contribution in [0.5, 0.6) is 0 Å². The fraction of sp³-hybridized carbons (Fsp3) is 1.00. The van der Waals surface area contributed by atoms with Gasteiger partial charge in [-0.05, 0) is 0 Å². The maximum Gasteiger partial charge on any atom is 0.256 e. The third-order valence-corrected chi connectivity index (χ3v) is 59.3. The summed E-state index contributed by atoms with van der Waals surface area (Å²) >= 11 is 24.7. The lowest BCUT2D eigenvalue weighted by molar-refractivity contribution is 1.87. The highest BCUT2D eigenvalue weighted by Crippen LogP contribution is 2.62. The zero-order chi connectivity index (χ0) is 11.1. The largest absolute Gasteiger partial charge is 0.256 e. The highest BCUT2D eigenvalue weighted by molar-refractivity contribution is 14.4. The second-order valence-corrected chi connectivity index (χ2v) is 110. The van der Waals surface area contributed by atoms with Crippen molar-refractivity contribution in [3.8, 4) is 0 Å². The molecule has 0 aliphatic rings. The molecule has 0 aromatic heterocycles. The molecule has 0 aromatic rings. The summed E-state index contributed by atoms with van der Waals surface area (Å²) in [5.41, 5.74) is 0. The van der Waals surface area contributed by atoms with Crippen molar-refractivity contribution in [1.29, 1.82) is 0 Å². The Morgan fingerprint density at radius 3 is 0.615 bits per heavy atom. The standard InChI is InChI=1S/CHI9Si3/c2-11(3,4)1(12(5,6)7)13(8,9)10/h1H. The van der Waals surface area contributed by atoms with Gasteiger partial charge in [0.2, 0.25) is 0 Å². The molecule has 0 unspecified atom stereocenters. The molecule has 0 amide bonds. The number of rotatable bonds is 3. The number of hydrogen-bond donors (Lipinski definition) is 0. The maximum atomic E-state index is 2.74. The maximum absolute atomic E-state index is 2.74. The van der Waals surface area contributed by atoms with Crippen molar-refractivity contribution in [1.82, 2.24) is 0 Å². The highest BCUT2D eigenvalue weighted by atomic mass is 127. The van der Waals surface area contributed by atoms with Crippen molar-refractivity contribution < 1.29 is 0 Å². The molecular weight excluding hydrogens is 1240 g/mol. The first-order valence-corrected chi connectivity index (χ1v) is 36.8. The van der Waals surface area contributed by atoms with Crippen molar-refractivity contribution in [2.45, 2.75) is 4.79 Å². The van der Waals surface area contributed by atoms with Crippen molar-refractivity contribution in [2.75, 3.05) is 0 Å². The van der Waals surface area contributed by atoms with E-state index in [-0.39, 0.29) is 0 Å². The van der Waals surface area contributed by atoms with Crippen molar-refractivity contribution in [3.05, 3.63) is 0 Å². The number of hydrogen-bond acceptors (Lipinski definition) is 0. The smallest absolute Gasteiger partial charge is 0.0911 e. The Balaban J connectivity index is 5.02. The number of halogens is 9. The van der Waals surface area contributed by atoms with E-state index in [9.17, 15) is 0 Å². The van der Waals surface area contributed by atoms with Crippen LogP contribution in [-0.4, -0.2) is 1.69 Å². The third kappa shape index (κ3) is 8.96. The van der Waals surface area contributed by atoms with Crippen LogP contribution in [0.25, 0.3) is 0 Å². The molecule has 0 N–H and O–H groups in total. The van der Waals surface area contributed by atoms with Gasteiger partial charge in [0.15, 0.2) is 0 Å². The second kappa shape index (κ2) is 8.01. The van der Waals surface area contributed by atoms with Gasteiger partial charge < -0.3 is 0 Å². The first-order valence-electron chi connectivity index (χ1n) is 2.57. The van der Waals surface area contributed by atoms with E-state index in [1.165, 1.54) is 0 Å². The first-order chi connectivity index (χ1) is 5.37. The summed E-state index contributed by atoms with van der Waals surface area (Å²) < 4.78 is -3.21. The third-order valence-electron chi connectivity index (χ3n) is 0.982. The van der Waals surface area contributed by atoms with Crippen LogP contribution in [0.4, 0.5) is 0 Å². The van der Waals surface area contributed by atoms with Crippen molar-refractivity contribution in [2.24, 2.45) is 0 Å². The molecule has 0 aliphatic heterocycles. The van der Waals surface area contributed by atoms with E-state index in [1.54, 1.807) is 0 Å². The van der Waals surface area contributed by atoms with Crippen LogP contribution in [0.3, 0.4) is 0 Å². The van der Waals surface area contributed by atoms with Crippen LogP contribution < -0.4 is 0 Å². The van der Waals surface area contributed by atoms with E-state index in [4.69, 9.17) is 0 Å². The lowest BCUT2D eigenvalue weighted by Gasteiger charge is -2.34. The Labute approximate surface area is 196 Å². The van der Waals surface area contributed by atoms with Crippen LogP contribution in [0.15, 0.2) is 0 Å². The molecule has 0 atom stereocenters. The Morgan fingerprint density at radius 2 is 0.615 bits per heavy atom. The fourth-order valence-electron chi connectivity index (χ4n) is 0.557.